The summed E-state index contributed by atoms with van der Waals surface area (Å²) >= 11 is 0. The normalized spacial score (nSPS) is 10.9. The summed E-state index contributed by atoms with van der Waals surface area (Å²) in [4.78, 5) is 10.7. The summed E-state index contributed by atoms with van der Waals surface area (Å²) in [5, 5.41) is 9.69. The van der Waals surface area contributed by atoms with Crippen molar-refractivity contribution >= 4 is 16.7 Å². The van der Waals surface area contributed by atoms with E-state index in [1.165, 1.54) is 30.3 Å². The average Bonchev–Trinajstić information content (AvgIpc) is 2.27. The van der Waals surface area contributed by atoms with Crippen molar-refractivity contribution in [3.05, 3.63) is 47.5 Å². The molecule has 4 heteroatoms. The predicted molar refractivity (Wildman–Crippen MR) is 55.9 cm³/mol. The molecule has 16 heavy (non-hydrogen) atoms. The fourth-order valence-corrected chi connectivity index (χ4v) is 1.62. The highest BCUT2D eigenvalue weighted by atomic mass is 19.3. The van der Waals surface area contributed by atoms with Crippen LogP contribution in [0.1, 0.15) is 22.3 Å². The molecule has 0 atom stereocenters. The molecular weight excluding hydrogens is 214 g/mol. The molecule has 0 fully saturated rings. The van der Waals surface area contributed by atoms with Crippen LogP contribution in [0.15, 0.2) is 36.4 Å². The van der Waals surface area contributed by atoms with Crippen molar-refractivity contribution in [2.45, 2.75) is 6.43 Å². The minimum atomic E-state index is -2.60. The Morgan fingerprint density at radius 2 is 1.94 bits per heavy atom. The Kier molecular flexibility index (Phi) is 2.56. The zero-order valence-electron chi connectivity index (χ0n) is 8.15. The second-order valence-electron chi connectivity index (χ2n) is 3.39. The first kappa shape index (κ1) is 10.5. The maximum Gasteiger partial charge on any atom is 0.335 e. The summed E-state index contributed by atoms with van der Waals surface area (Å²) in [5.74, 6) is -1.12. The molecular formula is C12H8F2O2. The highest BCUT2D eigenvalue weighted by Gasteiger charge is 2.12. The van der Waals surface area contributed by atoms with Gasteiger partial charge in [0, 0.05) is 5.56 Å². The standard InChI is InChI=1S/C12H8F2O2/c13-11(14)9-3-1-2-7-4-5-8(12(15)16)6-10(7)9/h1-6,11H,(H,15,16). The first-order valence-corrected chi connectivity index (χ1v) is 4.63. The van der Waals surface area contributed by atoms with Crippen molar-refractivity contribution in [1.29, 1.82) is 0 Å². The Morgan fingerprint density at radius 3 is 2.56 bits per heavy atom. The molecule has 0 amide bonds. The van der Waals surface area contributed by atoms with E-state index in [1.54, 1.807) is 6.07 Å². The molecule has 82 valence electrons. The SMILES string of the molecule is O=C(O)c1ccc2cccc(C(F)F)c2c1. The first-order valence-electron chi connectivity index (χ1n) is 4.63. The van der Waals surface area contributed by atoms with Gasteiger partial charge >= 0.3 is 5.97 Å². The fourth-order valence-electron chi connectivity index (χ4n) is 1.62. The van der Waals surface area contributed by atoms with E-state index < -0.39 is 12.4 Å². The molecule has 2 aromatic carbocycles. The number of rotatable bonds is 2. The summed E-state index contributed by atoms with van der Waals surface area (Å²) in [5.41, 5.74) is -0.124. The molecule has 2 rings (SSSR count). The van der Waals surface area contributed by atoms with E-state index in [4.69, 9.17) is 5.11 Å². The van der Waals surface area contributed by atoms with Crippen molar-refractivity contribution < 1.29 is 18.7 Å². The summed E-state index contributed by atoms with van der Waals surface area (Å²) in [6.45, 7) is 0. The van der Waals surface area contributed by atoms with E-state index in [-0.39, 0.29) is 16.5 Å². The molecule has 0 aliphatic rings. The molecule has 0 bridgehead atoms. The Labute approximate surface area is 90.1 Å². The highest BCUT2D eigenvalue weighted by Crippen LogP contribution is 2.28. The Bertz CT molecular complexity index is 550. The molecule has 0 saturated heterocycles. The molecule has 0 radical (unpaired) electrons. The minimum absolute atomic E-state index is 0.0144. The Balaban J connectivity index is 2.73. The first-order chi connectivity index (χ1) is 7.59. The van der Waals surface area contributed by atoms with Crippen LogP contribution in [0.5, 0.6) is 0 Å². The van der Waals surface area contributed by atoms with Crippen LogP contribution in [0.25, 0.3) is 10.8 Å². The summed E-state index contributed by atoms with van der Waals surface area (Å²) in [6, 6.07) is 8.72. The van der Waals surface area contributed by atoms with Crippen LogP contribution in [0, 0.1) is 0 Å². The number of carboxylic acid groups (broad SMARTS) is 1. The van der Waals surface area contributed by atoms with Crippen molar-refractivity contribution in [2.75, 3.05) is 0 Å². The van der Waals surface area contributed by atoms with Gasteiger partial charge in [0.1, 0.15) is 0 Å². The zero-order valence-corrected chi connectivity index (χ0v) is 8.15. The molecule has 0 saturated carbocycles. The maximum absolute atomic E-state index is 12.7. The molecule has 0 aliphatic carbocycles. The maximum atomic E-state index is 12.7. The quantitative estimate of drug-likeness (QED) is 0.844. The van der Waals surface area contributed by atoms with Crippen LogP contribution in [0.3, 0.4) is 0 Å². The molecule has 2 nitrogen and oxygen atoms in total. The van der Waals surface area contributed by atoms with Crippen molar-refractivity contribution in [1.82, 2.24) is 0 Å². The number of aromatic carboxylic acids is 1. The monoisotopic (exact) mass is 222 g/mol. The fraction of sp³-hybridized carbons (Fsp3) is 0.0833. The third-order valence-electron chi connectivity index (χ3n) is 2.40. The van der Waals surface area contributed by atoms with E-state index in [9.17, 15) is 13.6 Å². The lowest BCUT2D eigenvalue weighted by molar-refractivity contribution is 0.0697. The van der Waals surface area contributed by atoms with Gasteiger partial charge in [-0.2, -0.15) is 0 Å². The molecule has 0 aromatic heterocycles. The van der Waals surface area contributed by atoms with Crippen LogP contribution in [-0.2, 0) is 0 Å². The number of hydrogen-bond donors (Lipinski definition) is 1. The number of benzene rings is 2. The summed E-state index contributed by atoms with van der Waals surface area (Å²) < 4.78 is 25.4. The molecule has 0 spiro atoms. The minimum Gasteiger partial charge on any atom is -0.478 e. The number of fused-ring (bicyclic) bond motifs is 1. The van der Waals surface area contributed by atoms with Crippen LogP contribution in [0.4, 0.5) is 8.78 Å². The summed E-state index contributed by atoms with van der Waals surface area (Å²) in [7, 11) is 0. The predicted octanol–water partition coefficient (Wildman–Crippen LogP) is 3.48. The molecule has 0 heterocycles. The molecule has 1 N–H and O–H groups in total. The van der Waals surface area contributed by atoms with E-state index in [1.807, 2.05) is 0 Å². The largest absolute Gasteiger partial charge is 0.478 e. The second-order valence-corrected chi connectivity index (χ2v) is 3.39. The van der Waals surface area contributed by atoms with Crippen molar-refractivity contribution in [3.63, 3.8) is 0 Å². The summed E-state index contributed by atoms with van der Waals surface area (Å²) in [6.07, 6.45) is -2.60. The second kappa shape index (κ2) is 3.89. The van der Waals surface area contributed by atoms with Gasteiger partial charge in [0.25, 0.3) is 6.43 Å². The van der Waals surface area contributed by atoms with Gasteiger partial charge in [-0.1, -0.05) is 24.3 Å². The van der Waals surface area contributed by atoms with Gasteiger partial charge in [-0.15, -0.1) is 0 Å². The third-order valence-corrected chi connectivity index (χ3v) is 2.40. The van der Waals surface area contributed by atoms with Gasteiger partial charge in [-0.3, -0.25) is 0 Å². The van der Waals surface area contributed by atoms with Crippen LogP contribution < -0.4 is 0 Å². The lowest BCUT2D eigenvalue weighted by Gasteiger charge is -2.06. The number of carboxylic acids is 1. The van der Waals surface area contributed by atoms with Gasteiger partial charge < -0.3 is 5.11 Å². The van der Waals surface area contributed by atoms with Gasteiger partial charge in [0.2, 0.25) is 0 Å². The van der Waals surface area contributed by atoms with Crippen LogP contribution in [0.2, 0.25) is 0 Å². The van der Waals surface area contributed by atoms with Crippen LogP contribution in [-0.4, -0.2) is 11.1 Å². The zero-order chi connectivity index (χ0) is 11.7. The molecule has 2 aromatic rings. The Hall–Kier alpha value is -1.97. The number of halogens is 2. The van der Waals surface area contributed by atoms with E-state index in [2.05, 4.69) is 0 Å². The average molecular weight is 222 g/mol. The topological polar surface area (TPSA) is 37.3 Å². The van der Waals surface area contributed by atoms with E-state index in [0.29, 0.717) is 5.39 Å². The van der Waals surface area contributed by atoms with E-state index >= 15 is 0 Å². The lowest BCUT2D eigenvalue weighted by Crippen LogP contribution is -1.96. The lowest BCUT2D eigenvalue weighted by atomic mass is 10.0. The van der Waals surface area contributed by atoms with Gasteiger partial charge in [-0.05, 0) is 22.9 Å². The highest BCUT2D eigenvalue weighted by molar-refractivity contribution is 5.95. The number of alkyl halides is 2. The molecule has 0 aliphatic heterocycles. The van der Waals surface area contributed by atoms with Gasteiger partial charge in [-0.25, -0.2) is 13.6 Å². The van der Waals surface area contributed by atoms with Gasteiger partial charge in [0.05, 0.1) is 5.56 Å². The van der Waals surface area contributed by atoms with Gasteiger partial charge in [0.15, 0.2) is 0 Å². The third kappa shape index (κ3) is 1.74. The van der Waals surface area contributed by atoms with Crippen molar-refractivity contribution in [3.8, 4) is 0 Å². The Morgan fingerprint density at radius 1 is 1.19 bits per heavy atom. The number of hydrogen-bond acceptors (Lipinski definition) is 1. The van der Waals surface area contributed by atoms with E-state index in [0.717, 1.165) is 0 Å². The number of carbonyl (C=O) groups is 1. The molecule has 0 unspecified atom stereocenters. The van der Waals surface area contributed by atoms with Crippen molar-refractivity contribution in [2.24, 2.45) is 0 Å². The van der Waals surface area contributed by atoms with Crippen LogP contribution >= 0.6 is 0 Å². The smallest absolute Gasteiger partial charge is 0.335 e.